The molecule has 2 aromatic rings. The first-order valence-corrected chi connectivity index (χ1v) is 12.2. The zero-order valence-electron chi connectivity index (χ0n) is 15.9. The highest BCUT2D eigenvalue weighted by atomic mass is 79.9. The molecule has 0 amide bonds. The molecule has 0 N–H and O–H groups in total. The summed E-state index contributed by atoms with van der Waals surface area (Å²) < 4.78 is 13.5. The largest absolute Gasteiger partial charge is 0.405 e. The number of benzene rings is 1. The second-order valence-electron chi connectivity index (χ2n) is 7.75. The molecule has 0 bridgehead atoms. The minimum Gasteiger partial charge on any atom is -0.405 e. The van der Waals surface area contributed by atoms with Crippen molar-refractivity contribution < 1.29 is 9.16 Å². The molecule has 1 heterocycles. The van der Waals surface area contributed by atoms with E-state index in [0.29, 0.717) is 0 Å². The van der Waals surface area contributed by atoms with E-state index in [9.17, 15) is 0 Å². The van der Waals surface area contributed by atoms with Crippen molar-refractivity contribution in [3.8, 4) is 0 Å². The molecule has 0 aliphatic heterocycles. The van der Waals surface area contributed by atoms with Crippen LogP contribution < -0.4 is 0 Å². The third-order valence-corrected chi connectivity index (χ3v) is 9.81. The van der Waals surface area contributed by atoms with E-state index < -0.39 is 8.32 Å². The summed E-state index contributed by atoms with van der Waals surface area (Å²) in [5, 5.41) is 0.103. The molecule has 0 spiro atoms. The van der Waals surface area contributed by atoms with Crippen molar-refractivity contribution in [1.29, 1.82) is 0 Å². The van der Waals surface area contributed by atoms with Crippen LogP contribution in [0, 0.1) is 0 Å². The fourth-order valence-electron chi connectivity index (χ4n) is 2.43. The van der Waals surface area contributed by atoms with Gasteiger partial charge in [0.25, 0.3) is 0 Å². The zero-order valence-corrected chi connectivity index (χ0v) is 18.5. The molecule has 0 radical (unpaired) electrons. The Morgan fingerprint density at radius 3 is 2.12 bits per heavy atom. The maximum absolute atomic E-state index is 6.78. The van der Waals surface area contributed by atoms with Gasteiger partial charge in [0.2, 0.25) is 0 Å². The van der Waals surface area contributed by atoms with Crippen LogP contribution in [0.3, 0.4) is 0 Å². The van der Waals surface area contributed by atoms with Crippen LogP contribution >= 0.6 is 15.9 Å². The molecule has 0 unspecified atom stereocenters. The Morgan fingerprint density at radius 2 is 1.60 bits per heavy atom. The highest BCUT2D eigenvalue weighted by Gasteiger charge is 2.42. The predicted octanol–water partition coefficient (Wildman–Crippen LogP) is 6.29. The number of nitrogens with zero attached hydrogens (tertiary/aromatic N) is 1. The topological polar surface area (TPSA) is 31.4 Å². The SMILES string of the molecule is CO[C@@H](c1ccccc1)[C@@H](O[Si](C)(C)C(C)(C)C)c1cccc(Br)n1. The summed E-state index contributed by atoms with van der Waals surface area (Å²) in [6.07, 6.45) is -0.470. The maximum atomic E-state index is 6.78. The quantitative estimate of drug-likeness (QED) is 0.405. The van der Waals surface area contributed by atoms with Crippen LogP contribution in [0.1, 0.15) is 44.2 Å². The highest BCUT2D eigenvalue weighted by Crippen LogP contribution is 2.43. The lowest BCUT2D eigenvalue weighted by molar-refractivity contribution is -0.00998. The first-order valence-electron chi connectivity index (χ1n) is 8.54. The van der Waals surface area contributed by atoms with Gasteiger partial charge in [0.15, 0.2) is 8.32 Å². The van der Waals surface area contributed by atoms with Gasteiger partial charge in [-0.15, -0.1) is 0 Å². The van der Waals surface area contributed by atoms with Gasteiger partial charge in [-0.2, -0.15) is 0 Å². The molecule has 1 aromatic carbocycles. The number of rotatable bonds is 6. The molecule has 5 heteroatoms. The van der Waals surface area contributed by atoms with Gasteiger partial charge in [0.05, 0.1) is 5.69 Å². The molecule has 0 saturated heterocycles. The molecular weight excluding hydrogens is 394 g/mol. The van der Waals surface area contributed by atoms with Gasteiger partial charge in [-0.25, -0.2) is 4.98 Å². The van der Waals surface area contributed by atoms with E-state index in [4.69, 9.17) is 9.16 Å². The third kappa shape index (κ3) is 5.00. The number of hydrogen-bond donors (Lipinski definition) is 0. The fraction of sp³-hybridized carbons (Fsp3) is 0.450. The minimum absolute atomic E-state index is 0.103. The molecule has 0 aliphatic rings. The van der Waals surface area contributed by atoms with Crippen LogP contribution in [0.2, 0.25) is 18.1 Å². The molecule has 3 nitrogen and oxygen atoms in total. The number of aromatic nitrogens is 1. The normalized spacial score (nSPS) is 15.0. The lowest BCUT2D eigenvalue weighted by Gasteiger charge is -2.41. The number of pyridine rings is 1. The Balaban J connectivity index is 2.48. The molecular formula is C20H28BrNO2Si. The second-order valence-corrected chi connectivity index (χ2v) is 13.3. The lowest BCUT2D eigenvalue weighted by Crippen LogP contribution is -2.43. The van der Waals surface area contributed by atoms with E-state index in [0.717, 1.165) is 15.9 Å². The summed E-state index contributed by atoms with van der Waals surface area (Å²) in [7, 11) is -0.282. The Hall–Kier alpha value is -1.01. The van der Waals surface area contributed by atoms with E-state index in [2.05, 4.69) is 66.9 Å². The summed E-state index contributed by atoms with van der Waals surface area (Å²) in [6.45, 7) is 11.3. The average Bonchev–Trinajstić information content (AvgIpc) is 2.54. The summed E-state index contributed by atoms with van der Waals surface area (Å²) in [4.78, 5) is 4.67. The summed E-state index contributed by atoms with van der Waals surface area (Å²) in [5.41, 5.74) is 1.98. The molecule has 2 atom stereocenters. The van der Waals surface area contributed by atoms with Crippen LogP contribution in [-0.4, -0.2) is 20.4 Å². The van der Waals surface area contributed by atoms with Crippen LogP contribution in [0.15, 0.2) is 53.1 Å². The summed E-state index contributed by atoms with van der Waals surface area (Å²) >= 11 is 3.48. The smallest absolute Gasteiger partial charge is 0.193 e. The first kappa shape index (κ1) is 20.3. The minimum atomic E-state index is -2.02. The molecule has 0 aliphatic carbocycles. The van der Waals surface area contributed by atoms with Crippen LogP contribution in [0.4, 0.5) is 0 Å². The van der Waals surface area contributed by atoms with Crippen molar-refractivity contribution >= 4 is 24.2 Å². The maximum Gasteiger partial charge on any atom is 0.193 e. The van der Waals surface area contributed by atoms with Crippen LogP contribution in [-0.2, 0) is 9.16 Å². The molecule has 2 rings (SSSR count). The predicted molar refractivity (Wildman–Crippen MR) is 109 cm³/mol. The van der Waals surface area contributed by atoms with Crippen LogP contribution in [0.5, 0.6) is 0 Å². The molecule has 0 fully saturated rings. The van der Waals surface area contributed by atoms with Crippen molar-refractivity contribution in [1.82, 2.24) is 4.98 Å². The lowest BCUT2D eigenvalue weighted by atomic mass is 10.0. The molecule has 25 heavy (non-hydrogen) atoms. The van der Waals surface area contributed by atoms with E-state index >= 15 is 0 Å². The fourth-order valence-corrected chi connectivity index (χ4v) is 4.02. The van der Waals surface area contributed by atoms with E-state index in [-0.39, 0.29) is 17.2 Å². The Morgan fingerprint density at radius 1 is 0.960 bits per heavy atom. The average molecular weight is 422 g/mol. The van der Waals surface area contributed by atoms with Crippen molar-refractivity contribution in [2.24, 2.45) is 0 Å². The second kappa shape index (κ2) is 8.12. The first-order chi connectivity index (χ1) is 11.7. The van der Waals surface area contributed by atoms with Crippen molar-refractivity contribution in [3.63, 3.8) is 0 Å². The highest BCUT2D eigenvalue weighted by molar-refractivity contribution is 9.10. The molecule has 1 aromatic heterocycles. The van der Waals surface area contributed by atoms with Gasteiger partial charge in [-0.3, -0.25) is 0 Å². The van der Waals surface area contributed by atoms with Gasteiger partial charge in [0.1, 0.15) is 16.8 Å². The van der Waals surface area contributed by atoms with E-state index in [1.54, 1.807) is 7.11 Å². The van der Waals surface area contributed by atoms with Gasteiger partial charge < -0.3 is 9.16 Å². The van der Waals surface area contributed by atoms with Gasteiger partial charge in [0, 0.05) is 7.11 Å². The van der Waals surface area contributed by atoms with Gasteiger partial charge >= 0.3 is 0 Å². The number of halogens is 1. The van der Waals surface area contributed by atoms with E-state index in [1.165, 1.54) is 0 Å². The Bertz CT molecular complexity index is 686. The van der Waals surface area contributed by atoms with Crippen molar-refractivity contribution in [3.05, 3.63) is 64.4 Å². The van der Waals surface area contributed by atoms with Crippen molar-refractivity contribution in [2.45, 2.75) is 51.1 Å². The molecule has 136 valence electrons. The Kier molecular flexibility index (Phi) is 6.60. The van der Waals surface area contributed by atoms with E-state index in [1.807, 2.05) is 36.4 Å². The number of methoxy groups -OCH3 is 1. The third-order valence-electron chi connectivity index (χ3n) is 4.91. The monoisotopic (exact) mass is 421 g/mol. The number of hydrogen-bond acceptors (Lipinski definition) is 3. The van der Waals surface area contributed by atoms with Gasteiger partial charge in [-0.05, 0) is 51.8 Å². The molecule has 0 saturated carbocycles. The summed E-state index contributed by atoms with van der Waals surface area (Å²) in [6, 6.07) is 16.2. The van der Waals surface area contributed by atoms with Gasteiger partial charge in [-0.1, -0.05) is 57.2 Å². The van der Waals surface area contributed by atoms with Crippen molar-refractivity contribution in [2.75, 3.05) is 7.11 Å². The summed E-state index contributed by atoms with van der Waals surface area (Å²) in [5.74, 6) is 0. The Labute approximate surface area is 161 Å². The van der Waals surface area contributed by atoms with Crippen LogP contribution in [0.25, 0.3) is 0 Å². The standard InChI is InChI=1S/C20H28BrNO2Si/c1-20(2,3)25(5,6)24-19(16-13-10-14-17(21)22-16)18(23-4)15-11-8-7-9-12-15/h7-14,18-19H,1-6H3/t18-,19-/m0/s1. The zero-order chi connectivity index (χ0) is 18.7. The number of ether oxygens (including phenoxy) is 1.